The largest absolute Gasteiger partial charge is 0.471 e. The standard InChI is InChI=1S/C12H11F3N4OS/c13-12(14,15)11(20)19-5-1-2-8(19)7-6-21-10(18-7)9-16-3-4-17-9/h3-4,6,8H,1-2,5H2,(H,16,17). The molecule has 0 aliphatic carbocycles. The van der Waals surface area contributed by atoms with Gasteiger partial charge in [0.05, 0.1) is 11.7 Å². The summed E-state index contributed by atoms with van der Waals surface area (Å²) in [6.07, 6.45) is -0.595. The number of nitrogens with one attached hydrogen (secondary N) is 1. The molecule has 3 rings (SSSR count). The summed E-state index contributed by atoms with van der Waals surface area (Å²) < 4.78 is 37.8. The molecule has 1 amide bonds. The molecule has 9 heteroatoms. The molecule has 1 aliphatic rings. The molecule has 0 saturated carbocycles. The third-order valence-electron chi connectivity index (χ3n) is 3.32. The second-order valence-corrected chi connectivity index (χ2v) is 5.53. The maximum absolute atomic E-state index is 12.6. The number of alkyl halides is 3. The van der Waals surface area contributed by atoms with Gasteiger partial charge >= 0.3 is 12.1 Å². The fourth-order valence-electron chi connectivity index (χ4n) is 2.41. The maximum Gasteiger partial charge on any atom is 0.471 e. The van der Waals surface area contributed by atoms with Crippen molar-refractivity contribution in [1.29, 1.82) is 0 Å². The number of likely N-dealkylation sites (tertiary alicyclic amines) is 1. The Morgan fingerprint density at radius 1 is 1.48 bits per heavy atom. The van der Waals surface area contributed by atoms with E-state index in [0.717, 1.165) is 4.90 Å². The van der Waals surface area contributed by atoms with E-state index in [9.17, 15) is 18.0 Å². The van der Waals surface area contributed by atoms with Crippen LogP contribution in [0.4, 0.5) is 13.2 Å². The fourth-order valence-corrected chi connectivity index (χ4v) is 3.23. The van der Waals surface area contributed by atoms with E-state index >= 15 is 0 Å². The van der Waals surface area contributed by atoms with E-state index in [1.165, 1.54) is 11.3 Å². The van der Waals surface area contributed by atoms with Gasteiger partial charge in [0.15, 0.2) is 10.8 Å². The predicted molar refractivity (Wildman–Crippen MR) is 69.4 cm³/mol. The van der Waals surface area contributed by atoms with Crippen molar-refractivity contribution in [1.82, 2.24) is 19.9 Å². The first-order valence-corrected chi connectivity index (χ1v) is 7.18. The molecule has 21 heavy (non-hydrogen) atoms. The SMILES string of the molecule is O=C(N1CCCC1c1csc(-c2ncc[nH]2)n1)C(F)(F)F. The van der Waals surface area contributed by atoms with Crippen LogP contribution in [0.15, 0.2) is 17.8 Å². The number of rotatable bonds is 2. The van der Waals surface area contributed by atoms with E-state index in [2.05, 4.69) is 15.0 Å². The number of carbonyl (C=O) groups excluding carboxylic acids is 1. The number of hydrogen-bond acceptors (Lipinski definition) is 4. The molecule has 1 saturated heterocycles. The zero-order valence-corrected chi connectivity index (χ0v) is 11.5. The number of H-pyrrole nitrogens is 1. The topological polar surface area (TPSA) is 61.9 Å². The summed E-state index contributed by atoms with van der Waals surface area (Å²) >= 11 is 1.29. The minimum Gasteiger partial charge on any atom is -0.343 e. The van der Waals surface area contributed by atoms with Crippen molar-refractivity contribution in [3.05, 3.63) is 23.5 Å². The van der Waals surface area contributed by atoms with Crippen molar-refractivity contribution in [2.24, 2.45) is 0 Å². The molecular formula is C12H11F3N4OS. The third-order valence-corrected chi connectivity index (χ3v) is 4.19. The number of thiazole rings is 1. The summed E-state index contributed by atoms with van der Waals surface area (Å²) in [4.78, 5) is 23.6. The summed E-state index contributed by atoms with van der Waals surface area (Å²) in [7, 11) is 0. The average Bonchev–Trinajstić information content (AvgIpc) is 3.16. The average molecular weight is 316 g/mol. The summed E-state index contributed by atoms with van der Waals surface area (Å²) in [5.41, 5.74) is 0.488. The number of nitrogens with zero attached hydrogens (tertiary/aromatic N) is 3. The number of aromatic nitrogens is 3. The minimum absolute atomic E-state index is 0.108. The smallest absolute Gasteiger partial charge is 0.343 e. The first-order chi connectivity index (χ1) is 9.97. The third kappa shape index (κ3) is 2.65. The van der Waals surface area contributed by atoms with E-state index in [-0.39, 0.29) is 6.54 Å². The molecule has 3 heterocycles. The van der Waals surface area contributed by atoms with E-state index in [1.807, 2.05) is 0 Å². The molecule has 0 spiro atoms. The number of halogens is 3. The highest BCUT2D eigenvalue weighted by molar-refractivity contribution is 7.13. The molecule has 1 atom stereocenters. The molecule has 5 nitrogen and oxygen atoms in total. The van der Waals surface area contributed by atoms with Gasteiger partial charge in [0.1, 0.15) is 0 Å². The van der Waals surface area contributed by atoms with Gasteiger partial charge in [0.2, 0.25) is 0 Å². The highest BCUT2D eigenvalue weighted by Crippen LogP contribution is 2.36. The molecule has 2 aromatic rings. The summed E-state index contributed by atoms with van der Waals surface area (Å²) in [6.45, 7) is 0.108. The van der Waals surface area contributed by atoms with Crippen LogP contribution >= 0.6 is 11.3 Å². The van der Waals surface area contributed by atoms with Gasteiger partial charge < -0.3 is 9.88 Å². The van der Waals surface area contributed by atoms with Crippen molar-refractivity contribution in [2.45, 2.75) is 25.1 Å². The molecular weight excluding hydrogens is 305 g/mol. The number of aromatic amines is 1. The molecule has 1 unspecified atom stereocenters. The van der Waals surface area contributed by atoms with Crippen molar-refractivity contribution in [3.63, 3.8) is 0 Å². The summed E-state index contributed by atoms with van der Waals surface area (Å²) in [5, 5.41) is 2.28. The lowest BCUT2D eigenvalue weighted by atomic mass is 10.1. The van der Waals surface area contributed by atoms with Crippen LogP contribution in [0.25, 0.3) is 10.8 Å². The van der Waals surface area contributed by atoms with Gasteiger partial charge in [-0.25, -0.2) is 9.97 Å². The molecule has 1 fully saturated rings. The predicted octanol–water partition coefficient (Wildman–Crippen LogP) is 2.76. The lowest BCUT2D eigenvalue weighted by molar-refractivity contribution is -0.186. The molecule has 112 valence electrons. The van der Waals surface area contributed by atoms with Crippen LogP contribution in [-0.2, 0) is 4.79 Å². The normalized spacial score (nSPS) is 19.2. The zero-order valence-electron chi connectivity index (χ0n) is 10.7. The molecule has 0 bridgehead atoms. The van der Waals surface area contributed by atoms with Crippen LogP contribution < -0.4 is 0 Å². The van der Waals surface area contributed by atoms with Gasteiger partial charge in [-0.1, -0.05) is 0 Å². The van der Waals surface area contributed by atoms with Gasteiger partial charge in [0, 0.05) is 24.3 Å². The second kappa shape index (κ2) is 5.14. The van der Waals surface area contributed by atoms with Crippen molar-refractivity contribution in [2.75, 3.05) is 6.54 Å². The number of hydrogen-bond donors (Lipinski definition) is 1. The fraction of sp³-hybridized carbons (Fsp3) is 0.417. The van der Waals surface area contributed by atoms with Crippen LogP contribution in [0.5, 0.6) is 0 Å². The molecule has 1 N–H and O–H groups in total. The first kappa shape index (κ1) is 14.1. The molecule has 2 aromatic heterocycles. The Hall–Kier alpha value is -1.90. The monoisotopic (exact) mass is 316 g/mol. The van der Waals surface area contributed by atoms with Gasteiger partial charge in [0.25, 0.3) is 0 Å². The van der Waals surface area contributed by atoms with Crippen LogP contribution in [0, 0.1) is 0 Å². The molecule has 0 aromatic carbocycles. The Balaban J connectivity index is 1.84. The highest BCUT2D eigenvalue weighted by Gasteiger charge is 2.46. The zero-order chi connectivity index (χ0) is 15.0. The van der Waals surface area contributed by atoms with Crippen molar-refractivity contribution >= 4 is 17.2 Å². The molecule has 0 radical (unpaired) electrons. The van der Waals surface area contributed by atoms with Crippen LogP contribution in [-0.4, -0.2) is 38.5 Å². The minimum atomic E-state index is -4.84. The Morgan fingerprint density at radius 2 is 2.29 bits per heavy atom. The lowest BCUT2D eigenvalue weighted by Crippen LogP contribution is -2.40. The summed E-state index contributed by atoms with van der Waals surface area (Å²) in [6, 6.07) is -0.612. The Labute approximate surface area is 121 Å². The lowest BCUT2D eigenvalue weighted by Gasteiger charge is -2.24. The second-order valence-electron chi connectivity index (χ2n) is 4.67. The van der Waals surface area contributed by atoms with Gasteiger partial charge in [-0.3, -0.25) is 4.79 Å². The Kier molecular flexibility index (Phi) is 3.44. The quantitative estimate of drug-likeness (QED) is 0.926. The van der Waals surface area contributed by atoms with Crippen molar-refractivity contribution in [3.8, 4) is 10.8 Å². The van der Waals surface area contributed by atoms with Crippen LogP contribution in [0.3, 0.4) is 0 Å². The Bertz CT molecular complexity index is 637. The maximum atomic E-state index is 12.6. The number of amides is 1. The van der Waals surface area contributed by atoms with Crippen LogP contribution in [0.2, 0.25) is 0 Å². The van der Waals surface area contributed by atoms with Crippen LogP contribution in [0.1, 0.15) is 24.6 Å². The number of imidazole rings is 1. The van der Waals surface area contributed by atoms with E-state index in [0.29, 0.717) is 29.4 Å². The van der Waals surface area contributed by atoms with E-state index < -0.39 is 18.1 Å². The first-order valence-electron chi connectivity index (χ1n) is 6.30. The van der Waals surface area contributed by atoms with Gasteiger partial charge in [-0.15, -0.1) is 11.3 Å². The Morgan fingerprint density at radius 3 is 2.95 bits per heavy atom. The number of carbonyl (C=O) groups is 1. The van der Waals surface area contributed by atoms with Gasteiger partial charge in [-0.2, -0.15) is 13.2 Å². The molecule has 1 aliphatic heterocycles. The van der Waals surface area contributed by atoms with E-state index in [1.54, 1.807) is 17.8 Å². The van der Waals surface area contributed by atoms with Gasteiger partial charge in [-0.05, 0) is 12.8 Å². The summed E-state index contributed by atoms with van der Waals surface area (Å²) in [5.74, 6) is -1.23. The highest BCUT2D eigenvalue weighted by atomic mass is 32.1. The van der Waals surface area contributed by atoms with E-state index in [4.69, 9.17) is 0 Å². The van der Waals surface area contributed by atoms with Crippen molar-refractivity contribution < 1.29 is 18.0 Å².